The van der Waals surface area contributed by atoms with Crippen LogP contribution in [0.15, 0.2) is 6.07 Å². The molecule has 0 atom stereocenters. The van der Waals surface area contributed by atoms with Gasteiger partial charge in [0.1, 0.15) is 6.54 Å². The Morgan fingerprint density at radius 1 is 0.933 bits per heavy atom. The van der Waals surface area contributed by atoms with Gasteiger partial charge in [-0.25, -0.2) is 17.6 Å². The topological polar surface area (TPSA) is 0 Å². The molecule has 0 aliphatic rings. The maximum Gasteiger partial charge on any atom is 0.170 e. The third kappa shape index (κ3) is 2.68. The van der Waals surface area contributed by atoms with E-state index in [1.54, 1.807) is 21.1 Å². The first-order valence-electron chi connectivity index (χ1n) is 4.34. The molecular weight excluding hydrogens is 210 g/mol. The minimum Gasteiger partial charge on any atom is -0.327 e. The summed E-state index contributed by atoms with van der Waals surface area (Å²) in [7, 11) is 5.01. The van der Waals surface area contributed by atoms with E-state index in [0.717, 1.165) is 0 Å². The number of hydrogen-bond acceptors (Lipinski definition) is 0. The predicted octanol–water partition coefficient (Wildman–Crippen LogP) is 2.45. The largest absolute Gasteiger partial charge is 0.327 e. The Kier molecular flexibility index (Phi) is 3.04. The molecule has 0 fully saturated rings. The smallest absolute Gasteiger partial charge is 0.170 e. The van der Waals surface area contributed by atoms with Crippen LogP contribution < -0.4 is 0 Å². The fourth-order valence-corrected chi connectivity index (χ4v) is 1.24. The Hall–Kier alpha value is -1.10. The third-order valence-electron chi connectivity index (χ3n) is 1.84. The van der Waals surface area contributed by atoms with Gasteiger partial charge in [-0.2, -0.15) is 0 Å². The second-order valence-corrected chi connectivity index (χ2v) is 4.40. The molecule has 0 saturated heterocycles. The van der Waals surface area contributed by atoms with E-state index in [0.29, 0.717) is 0 Å². The summed E-state index contributed by atoms with van der Waals surface area (Å²) in [6, 6.07) is 0.212. The average Bonchev–Trinajstić information content (AvgIpc) is 2.08. The standard InChI is InChI=1S/C10H12F4N/c1-15(2,3)5-6-9(13)7(11)4-8(12)10(6)14/h4H,5H2,1-3H3/q+1. The lowest BCUT2D eigenvalue weighted by atomic mass is 10.1. The van der Waals surface area contributed by atoms with Crippen LogP contribution in [0.1, 0.15) is 5.56 Å². The first kappa shape index (κ1) is 12.0. The van der Waals surface area contributed by atoms with Crippen LogP contribution in [0.2, 0.25) is 0 Å². The highest BCUT2D eigenvalue weighted by Crippen LogP contribution is 2.21. The molecule has 5 heteroatoms. The third-order valence-corrected chi connectivity index (χ3v) is 1.84. The summed E-state index contributed by atoms with van der Waals surface area (Å²) >= 11 is 0. The van der Waals surface area contributed by atoms with E-state index in [-0.39, 0.29) is 17.1 Å². The van der Waals surface area contributed by atoms with E-state index >= 15 is 0 Å². The SMILES string of the molecule is C[N+](C)(C)Cc1c(F)c(F)cc(F)c1F. The number of nitrogens with zero attached hydrogens (tertiary/aromatic N) is 1. The summed E-state index contributed by atoms with van der Waals surface area (Å²) in [5.41, 5.74) is -0.556. The Labute approximate surface area is 85.5 Å². The van der Waals surface area contributed by atoms with Crippen molar-refractivity contribution >= 4 is 0 Å². The molecule has 0 aromatic heterocycles. The van der Waals surface area contributed by atoms with Crippen molar-refractivity contribution in [1.29, 1.82) is 0 Å². The second-order valence-electron chi connectivity index (χ2n) is 4.40. The zero-order valence-electron chi connectivity index (χ0n) is 8.74. The number of benzene rings is 1. The zero-order valence-corrected chi connectivity index (χ0v) is 8.74. The van der Waals surface area contributed by atoms with Crippen LogP contribution in [0.4, 0.5) is 17.6 Å². The molecule has 0 aliphatic heterocycles. The summed E-state index contributed by atoms with van der Waals surface area (Å²) in [6.45, 7) is -0.119. The van der Waals surface area contributed by atoms with Gasteiger partial charge < -0.3 is 4.48 Å². The summed E-state index contributed by atoms with van der Waals surface area (Å²) in [4.78, 5) is 0. The van der Waals surface area contributed by atoms with Crippen LogP contribution >= 0.6 is 0 Å². The van der Waals surface area contributed by atoms with Crippen LogP contribution in [-0.4, -0.2) is 25.6 Å². The number of hydrogen-bond donors (Lipinski definition) is 0. The lowest BCUT2D eigenvalue weighted by Gasteiger charge is -2.24. The monoisotopic (exact) mass is 222 g/mol. The van der Waals surface area contributed by atoms with Crippen molar-refractivity contribution in [3.05, 3.63) is 34.9 Å². The molecule has 1 aromatic rings. The van der Waals surface area contributed by atoms with Gasteiger partial charge in [-0.1, -0.05) is 0 Å². The maximum atomic E-state index is 13.2. The molecule has 0 bridgehead atoms. The summed E-state index contributed by atoms with van der Waals surface area (Å²) in [6.07, 6.45) is 0. The molecule has 0 spiro atoms. The van der Waals surface area contributed by atoms with Gasteiger partial charge in [0.05, 0.1) is 26.7 Å². The van der Waals surface area contributed by atoms with Crippen molar-refractivity contribution in [2.75, 3.05) is 21.1 Å². The summed E-state index contributed by atoms with van der Waals surface area (Å²) in [5.74, 6) is -5.36. The quantitative estimate of drug-likeness (QED) is 0.409. The fourth-order valence-electron chi connectivity index (χ4n) is 1.24. The Morgan fingerprint density at radius 2 is 1.33 bits per heavy atom. The average molecular weight is 222 g/mol. The van der Waals surface area contributed by atoms with Crippen molar-refractivity contribution < 1.29 is 22.0 Å². The van der Waals surface area contributed by atoms with Crippen molar-refractivity contribution in [2.45, 2.75) is 6.54 Å². The molecule has 0 heterocycles. The van der Waals surface area contributed by atoms with E-state index in [9.17, 15) is 17.6 Å². The molecule has 1 nitrogen and oxygen atoms in total. The molecule has 0 N–H and O–H groups in total. The molecule has 1 aromatic carbocycles. The Bertz CT molecular complexity index is 356. The van der Waals surface area contributed by atoms with Crippen molar-refractivity contribution in [1.82, 2.24) is 0 Å². The van der Waals surface area contributed by atoms with Gasteiger partial charge in [-0.05, 0) is 0 Å². The van der Waals surface area contributed by atoms with E-state index < -0.39 is 28.8 Å². The minimum absolute atomic E-state index is 0.119. The highest BCUT2D eigenvalue weighted by Gasteiger charge is 2.23. The van der Waals surface area contributed by atoms with Gasteiger partial charge in [0.2, 0.25) is 0 Å². The van der Waals surface area contributed by atoms with Gasteiger partial charge >= 0.3 is 0 Å². The highest BCUT2D eigenvalue weighted by atomic mass is 19.2. The molecule has 0 aliphatic carbocycles. The lowest BCUT2D eigenvalue weighted by Crippen LogP contribution is -2.34. The fraction of sp³-hybridized carbons (Fsp3) is 0.400. The van der Waals surface area contributed by atoms with Crippen LogP contribution in [0.25, 0.3) is 0 Å². The van der Waals surface area contributed by atoms with Gasteiger partial charge in [0, 0.05) is 6.07 Å². The lowest BCUT2D eigenvalue weighted by molar-refractivity contribution is -0.884. The normalized spacial score (nSPS) is 11.9. The summed E-state index contributed by atoms with van der Waals surface area (Å²) in [5, 5.41) is 0. The Morgan fingerprint density at radius 3 is 1.67 bits per heavy atom. The molecule has 0 amide bonds. The van der Waals surface area contributed by atoms with E-state index in [1.807, 2.05) is 0 Å². The van der Waals surface area contributed by atoms with E-state index in [2.05, 4.69) is 0 Å². The molecule has 15 heavy (non-hydrogen) atoms. The van der Waals surface area contributed by atoms with Gasteiger partial charge in [0.15, 0.2) is 23.3 Å². The minimum atomic E-state index is -1.36. The van der Waals surface area contributed by atoms with Crippen molar-refractivity contribution in [2.24, 2.45) is 0 Å². The number of halogens is 4. The number of quaternary nitrogens is 1. The summed E-state index contributed by atoms with van der Waals surface area (Å²) < 4.78 is 52.2. The van der Waals surface area contributed by atoms with Crippen LogP contribution in [0.3, 0.4) is 0 Å². The van der Waals surface area contributed by atoms with E-state index in [1.165, 1.54) is 0 Å². The first-order chi connectivity index (χ1) is 6.72. The zero-order chi connectivity index (χ0) is 11.8. The van der Waals surface area contributed by atoms with Crippen LogP contribution in [-0.2, 0) is 6.54 Å². The van der Waals surface area contributed by atoms with Gasteiger partial charge in [-0.3, -0.25) is 0 Å². The van der Waals surface area contributed by atoms with Gasteiger partial charge in [-0.15, -0.1) is 0 Å². The van der Waals surface area contributed by atoms with Crippen LogP contribution in [0, 0.1) is 23.3 Å². The maximum absolute atomic E-state index is 13.2. The second kappa shape index (κ2) is 3.81. The highest BCUT2D eigenvalue weighted by molar-refractivity contribution is 5.21. The number of rotatable bonds is 2. The molecule has 1 rings (SSSR count). The first-order valence-corrected chi connectivity index (χ1v) is 4.34. The molecule has 84 valence electrons. The Balaban J connectivity index is 3.27. The molecule has 0 saturated carbocycles. The van der Waals surface area contributed by atoms with Crippen LogP contribution in [0.5, 0.6) is 0 Å². The molecular formula is C10H12F4N+. The molecule has 0 unspecified atom stereocenters. The molecule has 0 radical (unpaired) electrons. The van der Waals surface area contributed by atoms with E-state index in [4.69, 9.17) is 0 Å². The predicted molar refractivity (Wildman–Crippen MR) is 48.0 cm³/mol. The van der Waals surface area contributed by atoms with Crippen molar-refractivity contribution in [3.8, 4) is 0 Å². The van der Waals surface area contributed by atoms with Gasteiger partial charge in [0.25, 0.3) is 0 Å². The van der Waals surface area contributed by atoms with Crippen molar-refractivity contribution in [3.63, 3.8) is 0 Å².